The number of nitrogens with one attached hydrogen (secondary N) is 1. The summed E-state index contributed by atoms with van der Waals surface area (Å²) in [6.45, 7) is 1.86. The van der Waals surface area contributed by atoms with Crippen LogP contribution in [0.4, 0.5) is 34.9 Å². The van der Waals surface area contributed by atoms with Crippen molar-refractivity contribution in [3.05, 3.63) is 90.5 Å². The van der Waals surface area contributed by atoms with Crippen molar-refractivity contribution >= 4 is 41.1 Å². The highest BCUT2D eigenvalue weighted by Crippen LogP contribution is 2.33. The van der Waals surface area contributed by atoms with Gasteiger partial charge in [0.25, 0.3) is 0 Å². The number of benzene rings is 3. The van der Waals surface area contributed by atoms with Crippen LogP contribution in [0, 0.1) is 0 Å². The number of hydrazone groups is 1. The van der Waals surface area contributed by atoms with Crippen LogP contribution in [0.5, 0.6) is 0 Å². The van der Waals surface area contributed by atoms with Crippen LogP contribution in [-0.2, 0) is 0 Å². The Balaban J connectivity index is 1.50. The maximum absolute atomic E-state index is 4.98. The van der Waals surface area contributed by atoms with Gasteiger partial charge in [-0.1, -0.05) is 61.4 Å². The van der Waals surface area contributed by atoms with Gasteiger partial charge in [0.15, 0.2) is 0 Å². The minimum Gasteiger partial charge on any atom is -0.378 e. The molecule has 8 nitrogen and oxygen atoms in total. The molecule has 1 aromatic heterocycles. The van der Waals surface area contributed by atoms with Crippen LogP contribution in [0.3, 0.4) is 0 Å². The zero-order valence-electron chi connectivity index (χ0n) is 22.0. The molecule has 2 heterocycles. The van der Waals surface area contributed by atoms with Gasteiger partial charge in [0.05, 0.1) is 6.21 Å². The van der Waals surface area contributed by atoms with Crippen LogP contribution in [0.25, 0.3) is 0 Å². The Labute approximate surface area is 224 Å². The number of hydrogen-bond acceptors (Lipinski definition) is 8. The number of rotatable bonds is 8. The molecule has 0 amide bonds. The molecule has 194 valence electrons. The maximum Gasteiger partial charge on any atom is 0.250 e. The summed E-state index contributed by atoms with van der Waals surface area (Å²) >= 11 is 0. The normalized spacial score (nSPS) is 13.8. The predicted octanol–water partition coefficient (Wildman–Crippen LogP) is 6.23. The van der Waals surface area contributed by atoms with Gasteiger partial charge in [-0.25, -0.2) is 5.43 Å². The monoisotopic (exact) mass is 506 g/mol. The molecule has 8 heteroatoms. The third-order valence-corrected chi connectivity index (χ3v) is 6.52. The summed E-state index contributed by atoms with van der Waals surface area (Å²) in [4.78, 5) is 21.0. The molecule has 1 aliphatic heterocycles. The van der Waals surface area contributed by atoms with Gasteiger partial charge in [-0.05, 0) is 54.8 Å². The minimum atomic E-state index is 0.410. The molecule has 0 atom stereocenters. The summed E-state index contributed by atoms with van der Waals surface area (Å²) in [6, 6.07) is 28.6. The number of hydrogen-bond donors (Lipinski definition) is 1. The van der Waals surface area contributed by atoms with Gasteiger partial charge in [-0.3, -0.25) is 4.90 Å². The molecule has 1 N–H and O–H groups in total. The van der Waals surface area contributed by atoms with Gasteiger partial charge in [0.1, 0.15) is 0 Å². The quantitative estimate of drug-likeness (QED) is 0.224. The Morgan fingerprint density at radius 2 is 1.32 bits per heavy atom. The molecule has 0 aliphatic carbocycles. The Morgan fingerprint density at radius 1 is 0.711 bits per heavy atom. The fraction of sp³-hybridized carbons (Fsp3) is 0.267. The second-order valence-corrected chi connectivity index (χ2v) is 9.52. The van der Waals surface area contributed by atoms with E-state index in [-0.39, 0.29) is 0 Å². The molecule has 1 aliphatic rings. The lowest BCUT2D eigenvalue weighted by Crippen LogP contribution is -2.27. The standard InChI is InChI=1S/C30H34N8/c1-36(2)25-19-17-24(18-20-25)23-31-35-28-32-29(37-21-11-3-4-12-22-37)34-30(33-28)38(26-13-7-5-8-14-26)27-15-9-6-10-16-27/h5-10,13-20,23H,3-4,11-12,21-22H2,1-2H3,(H,32,33,34,35). The molecule has 0 unspecified atom stereocenters. The average molecular weight is 507 g/mol. The van der Waals surface area contributed by atoms with Gasteiger partial charge in [-0.2, -0.15) is 20.1 Å². The average Bonchev–Trinajstić information content (AvgIpc) is 3.25. The topological polar surface area (TPSA) is 72.8 Å². The largest absolute Gasteiger partial charge is 0.378 e. The summed E-state index contributed by atoms with van der Waals surface area (Å²) in [5.74, 6) is 1.62. The SMILES string of the molecule is CN(C)c1ccc(C=NNc2nc(N3CCCCCC3)nc(N(c3ccccc3)c3ccccc3)n2)cc1. The fourth-order valence-electron chi connectivity index (χ4n) is 4.47. The van der Waals surface area contributed by atoms with E-state index in [1.807, 2.05) is 62.6 Å². The first-order valence-corrected chi connectivity index (χ1v) is 13.1. The van der Waals surface area contributed by atoms with Gasteiger partial charge in [-0.15, -0.1) is 0 Å². The molecule has 0 spiro atoms. The third-order valence-electron chi connectivity index (χ3n) is 6.52. The lowest BCUT2D eigenvalue weighted by Gasteiger charge is -2.26. The molecule has 0 radical (unpaired) electrons. The molecule has 4 aromatic rings. The highest BCUT2D eigenvalue weighted by molar-refractivity contribution is 5.81. The van der Waals surface area contributed by atoms with Crippen LogP contribution < -0.4 is 20.1 Å². The Bertz CT molecular complexity index is 1280. The zero-order valence-corrected chi connectivity index (χ0v) is 22.0. The lowest BCUT2D eigenvalue weighted by molar-refractivity contribution is 0.726. The smallest absolute Gasteiger partial charge is 0.250 e. The summed E-state index contributed by atoms with van der Waals surface area (Å²) < 4.78 is 0. The maximum atomic E-state index is 4.98. The van der Waals surface area contributed by atoms with Crippen LogP contribution in [0.15, 0.2) is 90.0 Å². The van der Waals surface area contributed by atoms with Crippen molar-refractivity contribution in [1.29, 1.82) is 0 Å². The molecular weight excluding hydrogens is 472 g/mol. The van der Waals surface area contributed by atoms with Crippen molar-refractivity contribution in [2.75, 3.05) is 47.3 Å². The van der Waals surface area contributed by atoms with E-state index < -0.39 is 0 Å². The molecule has 1 fully saturated rings. The molecule has 3 aromatic carbocycles. The molecule has 5 rings (SSSR count). The molecule has 1 saturated heterocycles. The summed E-state index contributed by atoms with van der Waals surface area (Å²) in [5, 5.41) is 4.46. The van der Waals surface area contributed by atoms with Crippen molar-refractivity contribution in [2.45, 2.75) is 25.7 Å². The molecule has 0 bridgehead atoms. The van der Waals surface area contributed by atoms with Gasteiger partial charge >= 0.3 is 0 Å². The van der Waals surface area contributed by atoms with Crippen LogP contribution >= 0.6 is 0 Å². The van der Waals surface area contributed by atoms with E-state index in [2.05, 4.69) is 61.6 Å². The predicted molar refractivity (Wildman–Crippen MR) is 157 cm³/mol. The molecular formula is C30H34N8. The van der Waals surface area contributed by atoms with E-state index in [0.717, 1.165) is 48.6 Å². The second-order valence-electron chi connectivity index (χ2n) is 9.52. The third kappa shape index (κ3) is 6.26. The van der Waals surface area contributed by atoms with E-state index in [9.17, 15) is 0 Å². The van der Waals surface area contributed by atoms with E-state index in [0.29, 0.717) is 17.8 Å². The van der Waals surface area contributed by atoms with Crippen molar-refractivity contribution in [3.8, 4) is 0 Å². The number of para-hydroxylation sites is 2. The Hall–Kier alpha value is -4.46. The summed E-state index contributed by atoms with van der Waals surface area (Å²) in [7, 11) is 4.05. The first-order valence-electron chi connectivity index (χ1n) is 13.1. The molecule has 0 saturated carbocycles. The van der Waals surface area contributed by atoms with E-state index in [1.54, 1.807) is 6.21 Å². The highest BCUT2D eigenvalue weighted by Gasteiger charge is 2.21. The van der Waals surface area contributed by atoms with Gasteiger partial charge in [0.2, 0.25) is 17.8 Å². The number of anilines is 6. The lowest BCUT2D eigenvalue weighted by atomic mass is 10.2. The highest BCUT2D eigenvalue weighted by atomic mass is 15.4. The first kappa shape index (κ1) is 25.2. The zero-order chi connectivity index (χ0) is 26.2. The van der Waals surface area contributed by atoms with Gasteiger partial charge < -0.3 is 9.80 Å². The van der Waals surface area contributed by atoms with Crippen molar-refractivity contribution in [1.82, 2.24) is 15.0 Å². The molecule has 38 heavy (non-hydrogen) atoms. The van der Waals surface area contributed by atoms with E-state index in [1.165, 1.54) is 12.8 Å². The van der Waals surface area contributed by atoms with Crippen LogP contribution in [0.2, 0.25) is 0 Å². The Morgan fingerprint density at radius 3 is 1.89 bits per heavy atom. The van der Waals surface area contributed by atoms with E-state index in [4.69, 9.17) is 15.0 Å². The number of nitrogens with zero attached hydrogens (tertiary/aromatic N) is 7. The summed E-state index contributed by atoms with van der Waals surface area (Å²) in [6.07, 6.45) is 6.51. The van der Waals surface area contributed by atoms with Crippen molar-refractivity contribution < 1.29 is 0 Å². The first-order chi connectivity index (χ1) is 18.7. The minimum absolute atomic E-state index is 0.410. The van der Waals surface area contributed by atoms with E-state index >= 15 is 0 Å². The number of aromatic nitrogens is 3. The summed E-state index contributed by atoms with van der Waals surface area (Å²) in [5.41, 5.74) is 7.14. The second kappa shape index (κ2) is 12.2. The van der Waals surface area contributed by atoms with Crippen molar-refractivity contribution in [2.24, 2.45) is 5.10 Å². The Kier molecular flexibility index (Phi) is 8.08. The van der Waals surface area contributed by atoms with Crippen LogP contribution in [-0.4, -0.2) is 48.4 Å². The fourth-order valence-corrected chi connectivity index (χ4v) is 4.47. The van der Waals surface area contributed by atoms with Gasteiger partial charge in [0, 0.05) is 44.2 Å². The van der Waals surface area contributed by atoms with Crippen molar-refractivity contribution in [3.63, 3.8) is 0 Å². The van der Waals surface area contributed by atoms with Crippen LogP contribution in [0.1, 0.15) is 31.2 Å².